The molecule has 1 unspecified atom stereocenters. The van der Waals surface area contributed by atoms with Gasteiger partial charge in [0.15, 0.2) is 0 Å². The molecule has 1 aromatic carbocycles. The van der Waals surface area contributed by atoms with Crippen LogP contribution in [0.3, 0.4) is 0 Å². The third kappa shape index (κ3) is 1.31. The lowest BCUT2D eigenvalue weighted by atomic mass is 9.87. The third-order valence-electron chi connectivity index (χ3n) is 4.05. The lowest BCUT2D eigenvalue weighted by Gasteiger charge is -2.32. The molecule has 0 radical (unpaired) electrons. The quantitative estimate of drug-likeness (QED) is 0.728. The first kappa shape index (κ1) is 9.49. The van der Waals surface area contributed by atoms with E-state index < -0.39 is 0 Å². The van der Waals surface area contributed by atoms with Gasteiger partial charge in [-0.15, -0.1) is 0 Å². The standard InChI is InChI=1S/C15H16N2/c1-3-11-9-16-7-8-17-10-12-4-2-5-13(12)14(6-1)15(11)17/h1-4,6,10,13,16H,5,7-9H2. The number of nitrogens with zero attached hydrogens (tertiary/aromatic N) is 1. The molecular formula is C15H16N2. The van der Waals surface area contributed by atoms with Crippen molar-refractivity contribution < 1.29 is 0 Å². The van der Waals surface area contributed by atoms with E-state index in [4.69, 9.17) is 0 Å². The van der Waals surface area contributed by atoms with Crippen LogP contribution in [0.4, 0.5) is 5.69 Å². The van der Waals surface area contributed by atoms with E-state index in [0.717, 1.165) is 19.6 Å². The smallest absolute Gasteiger partial charge is 0.0491 e. The molecule has 2 aliphatic heterocycles. The normalized spacial score (nSPS) is 25.1. The molecule has 1 atom stereocenters. The number of fused-ring (bicyclic) bond motifs is 2. The maximum Gasteiger partial charge on any atom is 0.0491 e. The van der Waals surface area contributed by atoms with Crippen LogP contribution in [-0.2, 0) is 6.54 Å². The lowest BCUT2D eigenvalue weighted by Crippen LogP contribution is -2.27. The van der Waals surface area contributed by atoms with E-state index in [9.17, 15) is 0 Å². The highest BCUT2D eigenvalue weighted by Crippen LogP contribution is 2.45. The Labute approximate surface area is 102 Å². The minimum atomic E-state index is 0.610. The summed E-state index contributed by atoms with van der Waals surface area (Å²) in [6.45, 7) is 3.14. The summed E-state index contributed by atoms with van der Waals surface area (Å²) in [5.41, 5.74) is 5.92. The van der Waals surface area contributed by atoms with Crippen molar-refractivity contribution in [2.24, 2.45) is 0 Å². The third-order valence-corrected chi connectivity index (χ3v) is 4.05. The average molecular weight is 224 g/mol. The van der Waals surface area contributed by atoms with E-state index in [1.54, 1.807) is 0 Å². The van der Waals surface area contributed by atoms with Crippen molar-refractivity contribution in [2.75, 3.05) is 18.0 Å². The van der Waals surface area contributed by atoms with Gasteiger partial charge in [-0.3, -0.25) is 0 Å². The second-order valence-electron chi connectivity index (χ2n) is 5.04. The van der Waals surface area contributed by atoms with Crippen molar-refractivity contribution in [3.8, 4) is 0 Å². The highest BCUT2D eigenvalue weighted by Gasteiger charge is 2.29. The molecule has 0 aromatic heterocycles. The lowest BCUT2D eigenvalue weighted by molar-refractivity contribution is 0.709. The number of benzene rings is 1. The fourth-order valence-corrected chi connectivity index (χ4v) is 3.26. The Morgan fingerprint density at radius 1 is 1.29 bits per heavy atom. The first-order valence-corrected chi connectivity index (χ1v) is 6.41. The zero-order valence-corrected chi connectivity index (χ0v) is 9.82. The Bertz CT molecular complexity index is 528. The van der Waals surface area contributed by atoms with Gasteiger partial charge in [-0.1, -0.05) is 30.4 Å². The Balaban J connectivity index is 1.95. The van der Waals surface area contributed by atoms with Crippen LogP contribution in [0.1, 0.15) is 23.5 Å². The van der Waals surface area contributed by atoms with Crippen LogP contribution < -0.4 is 10.2 Å². The van der Waals surface area contributed by atoms with Gasteiger partial charge in [-0.05, 0) is 23.1 Å². The van der Waals surface area contributed by atoms with E-state index >= 15 is 0 Å². The molecule has 3 aliphatic rings. The van der Waals surface area contributed by atoms with Gasteiger partial charge in [0.1, 0.15) is 0 Å². The van der Waals surface area contributed by atoms with Gasteiger partial charge in [0.05, 0.1) is 0 Å². The molecule has 1 aliphatic carbocycles. The summed E-state index contributed by atoms with van der Waals surface area (Å²) < 4.78 is 0. The molecule has 2 heterocycles. The number of hydrogen-bond acceptors (Lipinski definition) is 2. The molecule has 0 bridgehead atoms. The van der Waals surface area contributed by atoms with E-state index in [0.29, 0.717) is 5.92 Å². The van der Waals surface area contributed by atoms with E-state index in [1.807, 2.05) is 0 Å². The zero-order chi connectivity index (χ0) is 11.2. The van der Waals surface area contributed by atoms with Gasteiger partial charge in [-0.25, -0.2) is 0 Å². The monoisotopic (exact) mass is 224 g/mol. The minimum absolute atomic E-state index is 0.610. The summed E-state index contributed by atoms with van der Waals surface area (Å²) in [7, 11) is 0. The Morgan fingerprint density at radius 2 is 2.29 bits per heavy atom. The summed E-state index contributed by atoms with van der Waals surface area (Å²) in [6.07, 6.45) is 8.12. The molecule has 1 N–H and O–H groups in total. The number of hydrogen-bond donors (Lipinski definition) is 1. The Hall–Kier alpha value is -1.54. The molecule has 1 aromatic rings. The fourth-order valence-electron chi connectivity index (χ4n) is 3.26. The van der Waals surface area contributed by atoms with Gasteiger partial charge in [0, 0.05) is 37.4 Å². The fraction of sp³-hybridized carbons (Fsp3) is 0.333. The van der Waals surface area contributed by atoms with Crippen LogP contribution in [0.2, 0.25) is 0 Å². The molecule has 2 nitrogen and oxygen atoms in total. The van der Waals surface area contributed by atoms with Gasteiger partial charge >= 0.3 is 0 Å². The molecule has 0 fully saturated rings. The molecular weight excluding hydrogens is 208 g/mol. The molecule has 2 heteroatoms. The number of para-hydroxylation sites is 1. The van der Waals surface area contributed by atoms with Crippen LogP contribution in [0, 0.1) is 0 Å². The second-order valence-corrected chi connectivity index (χ2v) is 5.04. The number of rotatable bonds is 0. The summed E-state index contributed by atoms with van der Waals surface area (Å²) in [5, 5.41) is 3.50. The molecule has 0 amide bonds. The van der Waals surface area contributed by atoms with Gasteiger partial charge in [-0.2, -0.15) is 0 Å². The SMILES string of the molecule is C1=CC2=CN3CCNCc4cccc(c43)C2C1. The first-order valence-electron chi connectivity index (χ1n) is 6.41. The molecule has 0 spiro atoms. The minimum Gasteiger partial charge on any atom is -0.346 e. The topological polar surface area (TPSA) is 15.3 Å². The summed E-state index contributed by atoms with van der Waals surface area (Å²) in [5.74, 6) is 0.610. The van der Waals surface area contributed by atoms with Gasteiger partial charge < -0.3 is 10.2 Å². The van der Waals surface area contributed by atoms with Gasteiger partial charge in [0.2, 0.25) is 0 Å². The summed E-state index contributed by atoms with van der Waals surface area (Å²) in [4.78, 5) is 2.44. The number of allylic oxidation sites excluding steroid dienone is 3. The number of nitrogens with one attached hydrogen (secondary N) is 1. The van der Waals surface area contributed by atoms with Gasteiger partial charge in [0.25, 0.3) is 0 Å². The first-order chi connectivity index (χ1) is 8.43. The van der Waals surface area contributed by atoms with Crippen LogP contribution in [0.15, 0.2) is 42.1 Å². The Kier molecular flexibility index (Phi) is 1.94. The van der Waals surface area contributed by atoms with E-state index in [2.05, 4.69) is 46.8 Å². The van der Waals surface area contributed by atoms with E-state index in [-0.39, 0.29) is 0 Å². The molecule has 4 rings (SSSR count). The second kappa shape index (κ2) is 3.47. The van der Waals surface area contributed by atoms with E-state index in [1.165, 1.54) is 28.8 Å². The van der Waals surface area contributed by atoms with Crippen molar-refractivity contribution in [3.63, 3.8) is 0 Å². The largest absolute Gasteiger partial charge is 0.346 e. The maximum absolute atomic E-state index is 3.50. The van der Waals surface area contributed by atoms with Crippen LogP contribution in [0.25, 0.3) is 0 Å². The summed E-state index contributed by atoms with van der Waals surface area (Å²) >= 11 is 0. The molecule has 17 heavy (non-hydrogen) atoms. The highest BCUT2D eigenvalue weighted by molar-refractivity contribution is 5.69. The Morgan fingerprint density at radius 3 is 3.29 bits per heavy atom. The molecule has 0 saturated heterocycles. The maximum atomic E-state index is 3.50. The number of anilines is 1. The molecule has 86 valence electrons. The van der Waals surface area contributed by atoms with Crippen molar-refractivity contribution in [1.82, 2.24) is 5.32 Å². The van der Waals surface area contributed by atoms with Crippen molar-refractivity contribution >= 4 is 5.69 Å². The van der Waals surface area contributed by atoms with Crippen LogP contribution in [0.5, 0.6) is 0 Å². The average Bonchev–Trinajstić information content (AvgIpc) is 2.73. The predicted molar refractivity (Wildman–Crippen MR) is 70.1 cm³/mol. The van der Waals surface area contributed by atoms with Crippen molar-refractivity contribution in [2.45, 2.75) is 18.9 Å². The van der Waals surface area contributed by atoms with Crippen molar-refractivity contribution in [3.05, 3.63) is 53.3 Å². The zero-order valence-electron chi connectivity index (χ0n) is 9.82. The summed E-state index contributed by atoms with van der Waals surface area (Å²) in [6, 6.07) is 6.77. The highest BCUT2D eigenvalue weighted by atomic mass is 15.2. The van der Waals surface area contributed by atoms with Crippen LogP contribution >= 0.6 is 0 Å². The van der Waals surface area contributed by atoms with Crippen LogP contribution in [-0.4, -0.2) is 13.1 Å². The molecule has 0 saturated carbocycles. The predicted octanol–water partition coefficient (Wildman–Crippen LogP) is 2.54. The van der Waals surface area contributed by atoms with Crippen molar-refractivity contribution in [1.29, 1.82) is 0 Å².